The molecule has 2 amide bonds. The molecule has 0 atom stereocenters. The molecule has 9 heteroatoms. The van der Waals surface area contributed by atoms with E-state index < -0.39 is 6.03 Å². The van der Waals surface area contributed by atoms with Gasteiger partial charge in [0.15, 0.2) is 16.9 Å². The van der Waals surface area contributed by atoms with Crippen molar-refractivity contribution in [3.05, 3.63) is 82.9 Å². The predicted octanol–water partition coefficient (Wildman–Crippen LogP) is 3.21. The third-order valence-corrected chi connectivity index (χ3v) is 4.64. The lowest BCUT2D eigenvalue weighted by Crippen LogP contribution is -2.19. The van der Waals surface area contributed by atoms with Crippen molar-refractivity contribution in [3.63, 3.8) is 0 Å². The maximum Gasteiger partial charge on any atom is 0.323 e. The normalized spacial score (nSPS) is 10.6. The first-order valence-corrected chi connectivity index (χ1v) is 9.33. The Morgan fingerprint density at radius 3 is 2.45 bits per heavy atom. The minimum atomic E-state index is -0.442. The van der Waals surface area contributed by atoms with Gasteiger partial charge >= 0.3 is 6.03 Å². The van der Waals surface area contributed by atoms with Crippen molar-refractivity contribution < 1.29 is 9.59 Å². The van der Waals surface area contributed by atoms with Crippen LogP contribution in [0.3, 0.4) is 0 Å². The molecule has 4 rings (SSSR count). The first kappa shape index (κ1) is 19.8. The number of rotatable bonds is 4. The molecule has 4 aromatic rings. The zero-order chi connectivity index (χ0) is 22.0. The molecule has 31 heavy (non-hydrogen) atoms. The Kier molecular flexibility index (Phi) is 5.15. The summed E-state index contributed by atoms with van der Waals surface area (Å²) < 4.78 is 1.71. The molecule has 2 heterocycles. The Balaban J connectivity index is 1.54. The number of ketones is 1. The van der Waals surface area contributed by atoms with Crippen molar-refractivity contribution in [2.75, 3.05) is 16.4 Å². The highest BCUT2D eigenvalue weighted by Crippen LogP contribution is 2.19. The van der Waals surface area contributed by atoms with Crippen molar-refractivity contribution in [1.82, 2.24) is 14.5 Å². The largest absolute Gasteiger partial charge is 0.383 e. The molecule has 0 bridgehead atoms. The van der Waals surface area contributed by atoms with Gasteiger partial charge in [-0.2, -0.15) is 0 Å². The Bertz CT molecular complexity index is 1360. The summed E-state index contributed by atoms with van der Waals surface area (Å²) in [5, 5.41) is 5.68. The van der Waals surface area contributed by atoms with Crippen LogP contribution in [-0.4, -0.2) is 26.3 Å². The van der Waals surface area contributed by atoms with E-state index in [9.17, 15) is 14.4 Å². The molecule has 0 aliphatic rings. The topological polar surface area (TPSA) is 132 Å². The molecule has 2 aromatic carbocycles. The lowest BCUT2D eigenvalue weighted by molar-refractivity contribution is 0.101. The summed E-state index contributed by atoms with van der Waals surface area (Å²) in [6, 6.07) is 14.6. The van der Waals surface area contributed by atoms with E-state index in [0.717, 1.165) is 5.69 Å². The predicted molar refractivity (Wildman–Crippen MR) is 119 cm³/mol. The van der Waals surface area contributed by atoms with Gasteiger partial charge in [-0.25, -0.2) is 14.8 Å². The van der Waals surface area contributed by atoms with Crippen molar-refractivity contribution in [2.24, 2.45) is 0 Å². The highest BCUT2D eigenvalue weighted by molar-refractivity contribution is 6.01. The van der Waals surface area contributed by atoms with Crippen LogP contribution in [0.25, 0.3) is 16.7 Å². The average molecular weight is 414 g/mol. The summed E-state index contributed by atoms with van der Waals surface area (Å²) in [4.78, 5) is 44.0. The van der Waals surface area contributed by atoms with Gasteiger partial charge in [0.2, 0.25) is 0 Å². The van der Waals surface area contributed by atoms with Crippen LogP contribution in [-0.2, 0) is 0 Å². The lowest BCUT2D eigenvalue weighted by Gasteiger charge is -2.12. The third-order valence-electron chi connectivity index (χ3n) is 4.64. The first-order valence-electron chi connectivity index (χ1n) is 9.33. The summed E-state index contributed by atoms with van der Waals surface area (Å²) >= 11 is 0. The number of Topliss-reactive ketones (excluding diaryl/α,β-unsaturated/α-hetero) is 1. The number of nitrogens with two attached hydrogens (primary N) is 1. The molecular formula is C22H18N6O3. The molecular weight excluding hydrogens is 396 g/mol. The maximum atomic E-state index is 12.3. The molecule has 0 saturated carbocycles. The Labute approximate surface area is 176 Å². The number of carbonyl (C=O) groups is 2. The van der Waals surface area contributed by atoms with Crippen LogP contribution in [0, 0.1) is 0 Å². The van der Waals surface area contributed by atoms with Crippen molar-refractivity contribution in [2.45, 2.75) is 6.92 Å². The second-order valence-electron chi connectivity index (χ2n) is 6.77. The first-order chi connectivity index (χ1) is 14.9. The van der Waals surface area contributed by atoms with Gasteiger partial charge in [0.05, 0.1) is 0 Å². The maximum absolute atomic E-state index is 12.3. The van der Waals surface area contributed by atoms with Gasteiger partial charge in [0.25, 0.3) is 0 Å². The number of pyridine rings is 1. The molecule has 0 spiro atoms. The lowest BCUT2D eigenvalue weighted by atomic mass is 10.1. The number of hydrogen-bond donors (Lipinski definition) is 3. The van der Waals surface area contributed by atoms with Gasteiger partial charge in [0, 0.05) is 34.9 Å². The Hall–Kier alpha value is -4.53. The number of amides is 2. The van der Waals surface area contributed by atoms with Crippen LogP contribution in [0.15, 0.2) is 71.9 Å². The average Bonchev–Trinajstić information content (AvgIpc) is 2.75. The van der Waals surface area contributed by atoms with Gasteiger partial charge in [-0.05, 0) is 43.3 Å². The summed E-state index contributed by atoms with van der Waals surface area (Å²) in [6.45, 7) is 1.47. The van der Waals surface area contributed by atoms with Crippen molar-refractivity contribution >= 4 is 40.0 Å². The minimum absolute atomic E-state index is 0.0817. The van der Waals surface area contributed by atoms with Gasteiger partial charge < -0.3 is 20.9 Å². The Morgan fingerprint density at radius 1 is 0.968 bits per heavy atom. The summed E-state index contributed by atoms with van der Waals surface area (Å²) in [7, 11) is 0. The fourth-order valence-corrected chi connectivity index (χ4v) is 3.13. The molecule has 4 N–H and O–H groups in total. The number of anilines is 3. The fourth-order valence-electron chi connectivity index (χ4n) is 3.13. The van der Waals surface area contributed by atoms with E-state index in [-0.39, 0.29) is 22.4 Å². The molecule has 0 fully saturated rings. The smallest absolute Gasteiger partial charge is 0.323 e. The standard InChI is InChI=1S/C22H18N6O3/c1-13(29)14-3-2-4-16(11-14)27-22(31)26-15-5-7-17(8-6-15)28-10-9-18(30)19-20(23)24-12-25-21(19)28/h2-12H,1H3,(H2,23,24,25)(H2,26,27,31). The minimum Gasteiger partial charge on any atom is -0.383 e. The summed E-state index contributed by atoms with van der Waals surface area (Å²) in [5.74, 6) is 0.0369. The summed E-state index contributed by atoms with van der Waals surface area (Å²) in [6.07, 6.45) is 2.91. The highest BCUT2D eigenvalue weighted by Gasteiger charge is 2.10. The Morgan fingerprint density at radius 2 is 1.71 bits per heavy atom. The van der Waals surface area contributed by atoms with E-state index in [1.165, 1.54) is 19.3 Å². The number of carbonyl (C=O) groups excluding carboxylic acids is 2. The van der Waals surface area contributed by atoms with Crippen LogP contribution in [0.1, 0.15) is 17.3 Å². The van der Waals surface area contributed by atoms with E-state index in [1.54, 1.807) is 59.3 Å². The number of nitrogens with one attached hydrogen (secondary N) is 2. The number of benzene rings is 2. The molecule has 154 valence electrons. The number of fused-ring (bicyclic) bond motifs is 1. The molecule has 2 aromatic heterocycles. The quantitative estimate of drug-likeness (QED) is 0.439. The van der Waals surface area contributed by atoms with Crippen molar-refractivity contribution in [1.29, 1.82) is 0 Å². The second kappa shape index (κ2) is 8.07. The van der Waals surface area contributed by atoms with Crippen LogP contribution >= 0.6 is 0 Å². The van der Waals surface area contributed by atoms with Crippen LogP contribution in [0.5, 0.6) is 0 Å². The fraction of sp³-hybridized carbons (Fsp3) is 0.0455. The second-order valence-corrected chi connectivity index (χ2v) is 6.77. The SMILES string of the molecule is CC(=O)c1cccc(NC(=O)Nc2ccc(-n3ccc(=O)c4c(N)ncnc43)cc2)c1. The molecule has 0 saturated heterocycles. The third kappa shape index (κ3) is 4.10. The van der Waals surface area contributed by atoms with Gasteiger partial charge in [-0.1, -0.05) is 12.1 Å². The zero-order valence-corrected chi connectivity index (χ0v) is 16.5. The zero-order valence-electron chi connectivity index (χ0n) is 16.5. The monoisotopic (exact) mass is 414 g/mol. The molecule has 0 unspecified atom stereocenters. The van der Waals surface area contributed by atoms with Crippen molar-refractivity contribution in [3.8, 4) is 5.69 Å². The number of nitrogen functional groups attached to an aromatic ring is 1. The van der Waals surface area contributed by atoms with Crippen LogP contribution < -0.4 is 21.8 Å². The van der Waals surface area contributed by atoms with E-state index >= 15 is 0 Å². The van der Waals surface area contributed by atoms with E-state index in [0.29, 0.717) is 22.6 Å². The number of hydrogen-bond acceptors (Lipinski definition) is 6. The number of urea groups is 1. The molecule has 0 radical (unpaired) electrons. The molecule has 9 nitrogen and oxygen atoms in total. The summed E-state index contributed by atoms with van der Waals surface area (Å²) in [5.41, 5.74) is 8.28. The van der Waals surface area contributed by atoms with E-state index in [2.05, 4.69) is 20.6 Å². The number of nitrogens with zero attached hydrogens (tertiary/aromatic N) is 3. The molecule has 0 aliphatic carbocycles. The van der Waals surface area contributed by atoms with Crippen LogP contribution in [0.4, 0.5) is 22.0 Å². The number of aromatic nitrogens is 3. The van der Waals surface area contributed by atoms with E-state index in [4.69, 9.17) is 5.73 Å². The molecule has 0 aliphatic heterocycles. The van der Waals surface area contributed by atoms with Crippen LogP contribution in [0.2, 0.25) is 0 Å². The van der Waals surface area contributed by atoms with Gasteiger partial charge in [0.1, 0.15) is 17.5 Å². The van der Waals surface area contributed by atoms with E-state index in [1.807, 2.05) is 0 Å². The van der Waals surface area contributed by atoms with Gasteiger partial charge in [-0.15, -0.1) is 0 Å². The highest BCUT2D eigenvalue weighted by atomic mass is 16.2. The van der Waals surface area contributed by atoms with Gasteiger partial charge in [-0.3, -0.25) is 9.59 Å².